The molecule has 0 saturated carbocycles. The van der Waals surface area contributed by atoms with Gasteiger partial charge in [-0.1, -0.05) is 35.3 Å². The Morgan fingerprint density at radius 3 is 2.30 bits per heavy atom. The lowest BCUT2D eigenvalue weighted by molar-refractivity contribution is 0.0597. The zero-order valence-corrected chi connectivity index (χ0v) is 13.9. The molecule has 0 aliphatic rings. The lowest BCUT2D eigenvalue weighted by Crippen LogP contribution is -2.13. The van der Waals surface area contributed by atoms with E-state index in [2.05, 4.69) is 10.1 Å². The molecule has 0 bridgehead atoms. The normalized spacial score (nSPS) is 10.1. The van der Waals surface area contributed by atoms with E-state index in [1.54, 1.807) is 24.3 Å². The Hall–Kier alpha value is -2.24. The predicted octanol–water partition coefficient (Wildman–Crippen LogP) is 4.04. The van der Waals surface area contributed by atoms with Gasteiger partial charge in [-0.2, -0.15) is 0 Å². The van der Waals surface area contributed by atoms with Crippen LogP contribution in [0, 0.1) is 0 Å². The van der Waals surface area contributed by atoms with Gasteiger partial charge in [-0.25, -0.2) is 4.79 Å². The van der Waals surface area contributed by atoms with Crippen LogP contribution < -0.4 is 10.1 Å². The highest BCUT2D eigenvalue weighted by molar-refractivity contribution is 6.36. The van der Waals surface area contributed by atoms with Gasteiger partial charge in [0.1, 0.15) is 11.3 Å². The molecular formula is C16H13Cl2NO4. The number of nitrogens with one attached hydrogen (secondary N) is 1. The van der Waals surface area contributed by atoms with Gasteiger partial charge in [0.05, 0.1) is 35.5 Å². The van der Waals surface area contributed by atoms with Crippen LogP contribution in [0.25, 0.3) is 0 Å². The van der Waals surface area contributed by atoms with Crippen molar-refractivity contribution in [2.75, 3.05) is 19.5 Å². The number of hydrogen-bond acceptors (Lipinski definition) is 4. The molecule has 1 N–H and O–H groups in total. The number of anilines is 1. The largest absolute Gasteiger partial charge is 0.496 e. The van der Waals surface area contributed by atoms with E-state index in [1.807, 2.05) is 0 Å². The number of halogens is 2. The molecule has 2 rings (SSSR count). The molecule has 0 fully saturated rings. The molecule has 0 aliphatic carbocycles. The highest BCUT2D eigenvalue weighted by Crippen LogP contribution is 2.32. The zero-order chi connectivity index (χ0) is 17.0. The third kappa shape index (κ3) is 3.75. The lowest BCUT2D eigenvalue weighted by atomic mass is 10.1. The number of ether oxygens (including phenoxy) is 2. The summed E-state index contributed by atoms with van der Waals surface area (Å²) in [7, 11) is 2.65. The highest BCUT2D eigenvalue weighted by Gasteiger charge is 2.18. The fourth-order valence-electron chi connectivity index (χ4n) is 1.92. The molecule has 120 valence electrons. The Labute approximate surface area is 143 Å². The first-order valence-electron chi connectivity index (χ1n) is 6.49. The number of benzene rings is 2. The van der Waals surface area contributed by atoms with Crippen LogP contribution in [0.5, 0.6) is 5.75 Å². The average molecular weight is 354 g/mol. The topological polar surface area (TPSA) is 64.6 Å². The molecule has 0 spiro atoms. The zero-order valence-electron chi connectivity index (χ0n) is 12.4. The van der Waals surface area contributed by atoms with E-state index in [4.69, 9.17) is 27.9 Å². The number of carbonyl (C=O) groups is 2. The fraction of sp³-hybridized carbons (Fsp3) is 0.125. The summed E-state index contributed by atoms with van der Waals surface area (Å²) in [5, 5.41) is 3.13. The fourth-order valence-corrected chi connectivity index (χ4v) is 2.36. The predicted molar refractivity (Wildman–Crippen MR) is 88.7 cm³/mol. The monoisotopic (exact) mass is 353 g/mol. The maximum absolute atomic E-state index is 12.3. The maximum Gasteiger partial charge on any atom is 0.341 e. The van der Waals surface area contributed by atoms with Gasteiger partial charge < -0.3 is 14.8 Å². The summed E-state index contributed by atoms with van der Waals surface area (Å²) in [6.45, 7) is 0. The molecule has 5 nitrogen and oxygen atoms in total. The molecule has 2 aromatic rings. The van der Waals surface area contributed by atoms with Gasteiger partial charge in [0, 0.05) is 6.07 Å². The van der Waals surface area contributed by atoms with Crippen molar-refractivity contribution in [2.45, 2.75) is 0 Å². The molecule has 0 aromatic heterocycles. The van der Waals surface area contributed by atoms with Crippen LogP contribution in [0.1, 0.15) is 20.7 Å². The third-order valence-corrected chi connectivity index (χ3v) is 3.70. The summed E-state index contributed by atoms with van der Waals surface area (Å²) in [5.74, 6) is -0.784. The van der Waals surface area contributed by atoms with Crippen LogP contribution in [0.3, 0.4) is 0 Å². The summed E-state index contributed by atoms with van der Waals surface area (Å²) >= 11 is 12.1. The average Bonchev–Trinajstić information content (AvgIpc) is 2.55. The van der Waals surface area contributed by atoms with E-state index in [0.29, 0.717) is 16.3 Å². The van der Waals surface area contributed by atoms with Crippen molar-refractivity contribution in [3.05, 3.63) is 57.6 Å². The SMILES string of the molecule is COC(=O)c1cc(Cl)c(NC(=O)c2ccccc2Cl)cc1OC. The molecule has 7 heteroatoms. The number of amides is 1. The Balaban J connectivity index is 2.35. The number of carbonyl (C=O) groups excluding carboxylic acids is 2. The van der Waals surface area contributed by atoms with Gasteiger partial charge in [0.15, 0.2) is 0 Å². The second-order valence-electron chi connectivity index (χ2n) is 4.46. The lowest BCUT2D eigenvalue weighted by Gasteiger charge is -2.13. The summed E-state index contributed by atoms with van der Waals surface area (Å²) in [5.41, 5.74) is 0.762. The molecule has 0 radical (unpaired) electrons. The minimum Gasteiger partial charge on any atom is -0.496 e. The van der Waals surface area contributed by atoms with Crippen molar-refractivity contribution < 1.29 is 19.1 Å². The smallest absolute Gasteiger partial charge is 0.341 e. The first-order chi connectivity index (χ1) is 11.0. The Morgan fingerprint density at radius 1 is 1.00 bits per heavy atom. The van der Waals surface area contributed by atoms with Crippen molar-refractivity contribution in [1.82, 2.24) is 0 Å². The van der Waals surface area contributed by atoms with Crippen LogP contribution in [-0.4, -0.2) is 26.1 Å². The van der Waals surface area contributed by atoms with Gasteiger partial charge in [0.25, 0.3) is 5.91 Å². The van der Waals surface area contributed by atoms with E-state index >= 15 is 0 Å². The minimum atomic E-state index is -0.590. The van der Waals surface area contributed by atoms with Gasteiger partial charge in [-0.05, 0) is 18.2 Å². The third-order valence-electron chi connectivity index (χ3n) is 3.06. The van der Waals surface area contributed by atoms with E-state index in [-0.39, 0.29) is 16.3 Å². The van der Waals surface area contributed by atoms with Gasteiger partial charge in [0.2, 0.25) is 0 Å². The quantitative estimate of drug-likeness (QED) is 0.842. The van der Waals surface area contributed by atoms with Crippen molar-refractivity contribution in [3.8, 4) is 5.75 Å². The first-order valence-corrected chi connectivity index (χ1v) is 7.25. The van der Waals surface area contributed by atoms with Crippen molar-refractivity contribution in [3.63, 3.8) is 0 Å². The number of hydrogen-bond donors (Lipinski definition) is 1. The summed E-state index contributed by atoms with van der Waals surface area (Å²) in [4.78, 5) is 24.0. The van der Waals surface area contributed by atoms with Crippen molar-refractivity contribution in [1.29, 1.82) is 0 Å². The first kappa shape index (κ1) is 17.1. The number of methoxy groups -OCH3 is 2. The molecule has 0 atom stereocenters. The van der Waals surface area contributed by atoms with Crippen LogP contribution in [-0.2, 0) is 4.74 Å². The number of esters is 1. The Bertz CT molecular complexity index is 762. The Morgan fingerprint density at radius 2 is 1.70 bits per heavy atom. The van der Waals surface area contributed by atoms with E-state index in [9.17, 15) is 9.59 Å². The van der Waals surface area contributed by atoms with Crippen LogP contribution in [0.4, 0.5) is 5.69 Å². The van der Waals surface area contributed by atoms with Crippen LogP contribution in [0.2, 0.25) is 10.0 Å². The minimum absolute atomic E-state index is 0.163. The molecule has 2 aromatic carbocycles. The number of rotatable bonds is 4. The van der Waals surface area contributed by atoms with Gasteiger partial charge in [-0.3, -0.25) is 4.79 Å². The second kappa shape index (κ2) is 7.35. The molecule has 0 aliphatic heterocycles. The summed E-state index contributed by atoms with van der Waals surface area (Å²) < 4.78 is 9.80. The standard InChI is InChI=1S/C16H13Cl2NO4/c1-22-14-8-13(12(18)7-10(14)16(21)23-2)19-15(20)9-5-3-4-6-11(9)17/h3-8H,1-2H3,(H,19,20). The Kier molecular flexibility index (Phi) is 5.47. The second-order valence-corrected chi connectivity index (χ2v) is 5.27. The highest BCUT2D eigenvalue weighted by atomic mass is 35.5. The van der Waals surface area contributed by atoms with E-state index in [0.717, 1.165) is 0 Å². The van der Waals surface area contributed by atoms with Gasteiger partial charge in [-0.15, -0.1) is 0 Å². The maximum atomic E-state index is 12.3. The molecule has 23 heavy (non-hydrogen) atoms. The molecule has 0 heterocycles. The molecule has 0 saturated heterocycles. The van der Waals surface area contributed by atoms with E-state index < -0.39 is 11.9 Å². The summed E-state index contributed by atoms with van der Waals surface area (Å²) in [6, 6.07) is 9.44. The molecule has 1 amide bonds. The summed E-state index contributed by atoms with van der Waals surface area (Å²) in [6.07, 6.45) is 0. The molecule has 0 unspecified atom stereocenters. The van der Waals surface area contributed by atoms with Crippen molar-refractivity contribution in [2.24, 2.45) is 0 Å². The van der Waals surface area contributed by atoms with E-state index in [1.165, 1.54) is 26.4 Å². The van der Waals surface area contributed by atoms with Crippen molar-refractivity contribution >= 4 is 40.8 Å². The van der Waals surface area contributed by atoms with Crippen LogP contribution >= 0.6 is 23.2 Å². The van der Waals surface area contributed by atoms with Gasteiger partial charge >= 0.3 is 5.97 Å². The molecular weight excluding hydrogens is 341 g/mol. The van der Waals surface area contributed by atoms with Crippen LogP contribution in [0.15, 0.2) is 36.4 Å².